The van der Waals surface area contributed by atoms with Crippen LogP contribution >= 0.6 is 0 Å². The van der Waals surface area contributed by atoms with Crippen molar-refractivity contribution in [1.82, 2.24) is 14.8 Å². The van der Waals surface area contributed by atoms with Crippen molar-refractivity contribution >= 4 is 16.3 Å². The summed E-state index contributed by atoms with van der Waals surface area (Å²) < 4.78 is 30.8. The van der Waals surface area contributed by atoms with Crippen molar-refractivity contribution in [2.75, 3.05) is 26.2 Å². The number of nitrogens with one attached hydrogen (secondary N) is 3. The Labute approximate surface area is 96.1 Å². The number of carbonyl (C=O) groups is 1. The van der Waals surface area contributed by atoms with Crippen LogP contribution < -0.4 is 14.8 Å². The van der Waals surface area contributed by atoms with Gasteiger partial charge in [-0.05, 0) is 19.9 Å². The fourth-order valence-electron chi connectivity index (χ4n) is 0.882. The van der Waals surface area contributed by atoms with Crippen LogP contribution in [0, 0.1) is 0 Å². The predicted octanol–water partition coefficient (Wildman–Crippen LogP) is -0.433. The maximum absolute atomic E-state index is 11.2. The zero-order valence-electron chi connectivity index (χ0n) is 9.58. The lowest BCUT2D eigenvalue weighted by Crippen LogP contribution is -2.42. The first kappa shape index (κ1) is 15.1. The van der Waals surface area contributed by atoms with Gasteiger partial charge in [-0.1, -0.05) is 6.92 Å². The Morgan fingerprint density at radius 1 is 1.19 bits per heavy atom. The minimum Gasteiger partial charge on any atom is -0.449 e. The molecule has 0 aliphatic carbocycles. The minimum atomic E-state index is -3.80. The molecule has 0 bridgehead atoms. The van der Waals surface area contributed by atoms with Crippen LogP contribution in [0.2, 0.25) is 0 Å². The third kappa shape index (κ3) is 8.45. The Bertz CT molecular complexity index is 292. The van der Waals surface area contributed by atoms with Gasteiger partial charge in [-0.3, -0.25) is 0 Å². The Balaban J connectivity index is 3.74. The van der Waals surface area contributed by atoms with Gasteiger partial charge in [0.25, 0.3) is 0 Å². The molecule has 0 saturated carbocycles. The molecule has 3 N–H and O–H groups in total. The fraction of sp³-hybridized carbons (Fsp3) is 0.875. The molecule has 0 radical (unpaired) electrons. The van der Waals surface area contributed by atoms with Gasteiger partial charge in [-0.15, -0.1) is 0 Å². The van der Waals surface area contributed by atoms with Crippen LogP contribution in [-0.2, 0) is 14.9 Å². The fourth-order valence-corrected chi connectivity index (χ4v) is 1.60. The smallest absolute Gasteiger partial charge is 0.421 e. The maximum atomic E-state index is 11.2. The molecule has 1 amide bonds. The van der Waals surface area contributed by atoms with E-state index in [4.69, 9.17) is 0 Å². The summed E-state index contributed by atoms with van der Waals surface area (Å²) in [6.45, 7) is 5.28. The van der Waals surface area contributed by atoms with Crippen molar-refractivity contribution in [3.05, 3.63) is 0 Å². The number of rotatable bonds is 8. The maximum Gasteiger partial charge on any atom is 0.421 e. The van der Waals surface area contributed by atoms with Gasteiger partial charge in [-0.25, -0.2) is 9.52 Å². The Morgan fingerprint density at radius 3 is 2.44 bits per heavy atom. The average molecular weight is 253 g/mol. The van der Waals surface area contributed by atoms with Gasteiger partial charge in [0.1, 0.15) is 0 Å². The Morgan fingerprint density at radius 2 is 1.88 bits per heavy atom. The molecule has 0 rings (SSSR count). The molecular formula is C8H19N3O4S. The average Bonchev–Trinajstić information content (AvgIpc) is 2.16. The van der Waals surface area contributed by atoms with E-state index in [0.29, 0.717) is 6.54 Å². The second kappa shape index (κ2) is 8.31. The van der Waals surface area contributed by atoms with Crippen LogP contribution in [0.3, 0.4) is 0 Å². The van der Waals surface area contributed by atoms with Gasteiger partial charge in [0.05, 0.1) is 6.61 Å². The number of hydrogen-bond acceptors (Lipinski definition) is 5. The van der Waals surface area contributed by atoms with E-state index < -0.39 is 16.3 Å². The van der Waals surface area contributed by atoms with E-state index >= 15 is 0 Å². The summed E-state index contributed by atoms with van der Waals surface area (Å²) in [6.07, 6.45) is 0.00454. The number of carbonyl (C=O) groups excluding carboxylic acids is 1. The molecule has 0 spiro atoms. The van der Waals surface area contributed by atoms with Crippen molar-refractivity contribution in [3.63, 3.8) is 0 Å². The summed E-state index contributed by atoms with van der Waals surface area (Å²) >= 11 is 0. The first-order chi connectivity index (χ1) is 7.52. The van der Waals surface area contributed by atoms with E-state index in [1.165, 1.54) is 0 Å². The summed E-state index contributed by atoms with van der Waals surface area (Å²) in [4.78, 5) is 10.8. The van der Waals surface area contributed by atoms with E-state index in [9.17, 15) is 13.2 Å². The van der Waals surface area contributed by atoms with E-state index in [0.717, 1.165) is 13.0 Å². The van der Waals surface area contributed by atoms with Crippen LogP contribution in [0.4, 0.5) is 4.79 Å². The normalized spacial score (nSPS) is 11.1. The van der Waals surface area contributed by atoms with Gasteiger partial charge in [0, 0.05) is 13.1 Å². The van der Waals surface area contributed by atoms with E-state index in [-0.39, 0.29) is 13.2 Å². The summed E-state index contributed by atoms with van der Waals surface area (Å²) in [7, 11) is -3.80. The standard InChI is InChI=1S/C8H19N3O4S/c1-3-5-9-6-7-10-16(13,14)11-8(12)15-4-2/h9-10H,3-7H2,1-2H3,(H,11,12). The van der Waals surface area contributed by atoms with E-state index in [2.05, 4.69) is 14.8 Å². The molecule has 0 aliphatic heterocycles. The lowest BCUT2D eigenvalue weighted by molar-refractivity contribution is 0.158. The Kier molecular flexibility index (Phi) is 7.86. The van der Waals surface area contributed by atoms with Gasteiger partial charge < -0.3 is 10.1 Å². The molecule has 0 saturated heterocycles. The highest BCUT2D eigenvalue weighted by molar-refractivity contribution is 7.88. The molecule has 7 nitrogen and oxygen atoms in total. The van der Waals surface area contributed by atoms with Crippen LogP contribution in [0.25, 0.3) is 0 Å². The number of hydrogen-bond donors (Lipinski definition) is 3. The zero-order chi connectivity index (χ0) is 12.4. The molecule has 0 aromatic carbocycles. The van der Waals surface area contributed by atoms with Crippen molar-refractivity contribution in [1.29, 1.82) is 0 Å². The molecule has 0 aromatic heterocycles. The molecular weight excluding hydrogens is 234 g/mol. The molecule has 0 unspecified atom stereocenters. The first-order valence-electron chi connectivity index (χ1n) is 5.16. The topological polar surface area (TPSA) is 96.5 Å². The molecule has 96 valence electrons. The predicted molar refractivity (Wildman–Crippen MR) is 60.2 cm³/mol. The van der Waals surface area contributed by atoms with Gasteiger partial charge in [0.15, 0.2) is 0 Å². The monoisotopic (exact) mass is 253 g/mol. The minimum absolute atomic E-state index is 0.124. The van der Waals surface area contributed by atoms with Crippen molar-refractivity contribution in [2.24, 2.45) is 0 Å². The zero-order valence-corrected chi connectivity index (χ0v) is 10.4. The van der Waals surface area contributed by atoms with Crippen molar-refractivity contribution in [2.45, 2.75) is 20.3 Å². The largest absolute Gasteiger partial charge is 0.449 e. The molecule has 8 heteroatoms. The van der Waals surface area contributed by atoms with Crippen LogP contribution in [-0.4, -0.2) is 40.8 Å². The third-order valence-electron chi connectivity index (χ3n) is 1.51. The lowest BCUT2D eigenvalue weighted by atomic mass is 10.5. The van der Waals surface area contributed by atoms with E-state index in [1.54, 1.807) is 11.6 Å². The quantitative estimate of drug-likeness (QED) is 0.510. The highest BCUT2D eigenvalue weighted by Crippen LogP contribution is 1.81. The second-order valence-corrected chi connectivity index (χ2v) is 4.47. The Hall–Kier alpha value is -0.860. The van der Waals surface area contributed by atoms with Crippen LogP contribution in [0.15, 0.2) is 0 Å². The van der Waals surface area contributed by atoms with Crippen LogP contribution in [0.1, 0.15) is 20.3 Å². The lowest BCUT2D eigenvalue weighted by Gasteiger charge is -2.08. The highest BCUT2D eigenvalue weighted by Gasteiger charge is 2.13. The third-order valence-corrected chi connectivity index (χ3v) is 2.53. The van der Waals surface area contributed by atoms with E-state index in [1.807, 2.05) is 6.92 Å². The molecule has 0 aliphatic rings. The second-order valence-electron chi connectivity index (χ2n) is 2.97. The number of amides is 1. The summed E-state index contributed by atoms with van der Waals surface area (Å²) in [6, 6.07) is 0. The van der Waals surface area contributed by atoms with Gasteiger partial charge >= 0.3 is 16.3 Å². The van der Waals surface area contributed by atoms with Gasteiger partial charge in [-0.2, -0.15) is 13.1 Å². The summed E-state index contributed by atoms with van der Waals surface area (Å²) in [5.74, 6) is 0. The molecule has 0 fully saturated rings. The molecule has 0 heterocycles. The molecule has 16 heavy (non-hydrogen) atoms. The highest BCUT2D eigenvalue weighted by atomic mass is 32.2. The van der Waals surface area contributed by atoms with Crippen molar-refractivity contribution in [3.8, 4) is 0 Å². The molecule has 0 aromatic rings. The van der Waals surface area contributed by atoms with Crippen molar-refractivity contribution < 1.29 is 17.9 Å². The summed E-state index contributed by atoms with van der Waals surface area (Å²) in [5.41, 5.74) is 0. The summed E-state index contributed by atoms with van der Waals surface area (Å²) in [5, 5.41) is 3.02. The molecule has 0 atom stereocenters. The SMILES string of the molecule is CCCNCCNS(=O)(=O)NC(=O)OCC. The first-order valence-corrected chi connectivity index (χ1v) is 6.65. The van der Waals surface area contributed by atoms with Gasteiger partial charge in [0.2, 0.25) is 0 Å². The number of ether oxygens (including phenoxy) is 1. The van der Waals surface area contributed by atoms with Crippen LogP contribution in [0.5, 0.6) is 0 Å².